The zero-order valence-corrected chi connectivity index (χ0v) is 9.23. The minimum absolute atomic E-state index is 0.678. The van der Waals surface area contributed by atoms with E-state index in [2.05, 4.69) is 16.5 Å². The van der Waals surface area contributed by atoms with E-state index in [-0.39, 0.29) is 0 Å². The van der Waals surface area contributed by atoms with Crippen LogP contribution in [-0.4, -0.2) is 18.7 Å². The summed E-state index contributed by atoms with van der Waals surface area (Å²) in [5.41, 5.74) is 4.72. The van der Waals surface area contributed by atoms with Crippen LogP contribution in [0, 0.1) is 0 Å². The van der Waals surface area contributed by atoms with Gasteiger partial charge in [-0.15, -0.1) is 0 Å². The highest BCUT2D eigenvalue weighted by Crippen LogP contribution is 2.19. The summed E-state index contributed by atoms with van der Waals surface area (Å²) in [4.78, 5) is 4.45. The number of hydrogen-bond donors (Lipinski definition) is 2. The topological polar surface area (TPSA) is 60.2 Å². The molecule has 0 spiro atoms. The zero-order chi connectivity index (χ0) is 11.4. The van der Waals surface area contributed by atoms with Crippen molar-refractivity contribution in [1.82, 2.24) is 4.98 Å². The van der Waals surface area contributed by atoms with E-state index < -0.39 is 0 Å². The molecule has 0 bridgehead atoms. The maximum absolute atomic E-state index is 5.35. The summed E-state index contributed by atoms with van der Waals surface area (Å²) in [6.07, 6.45) is 0.856. The van der Waals surface area contributed by atoms with E-state index in [0.29, 0.717) is 12.4 Å². The predicted octanol–water partition coefficient (Wildman–Crippen LogP) is 1.71. The molecular weight excluding hydrogens is 202 g/mol. The van der Waals surface area contributed by atoms with Gasteiger partial charge in [-0.3, -0.25) is 0 Å². The number of pyridine rings is 1. The van der Waals surface area contributed by atoms with Crippen molar-refractivity contribution in [2.45, 2.75) is 6.42 Å². The smallest absolute Gasteiger partial charge is 0.140 e. The SMILES string of the molecule is COCCc1cccc2ccc(NN)nc12. The van der Waals surface area contributed by atoms with E-state index in [1.165, 1.54) is 5.56 Å². The van der Waals surface area contributed by atoms with Gasteiger partial charge in [0.1, 0.15) is 5.82 Å². The third kappa shape index (κ3) is 2.13. The summed E-state index contributed by atoms with van der Waals surface area (Å²) in [7, 11) is 1.70. The second-order valence-electron chi connectivity index (χ2n) is 3.57. The Labute approximate surface area is 94.4 Å². The summed E-state index contributed by atoms with van der Waals surface area (Å²) in [5.74, 6) is 6.03. The van der Waals surface area contributed by atoms with Crippen molar-refractivity contribution < 1.29 is 4.74 Å². The fourth-order valence-electron chi connectivity index (χ4n) is 1.70. The number of anilines is 1. The van der Waals surface area contributed by atoms with Crippen LogP contribution in [-0.2, 0) is 11.2 Å². The first-order valence-electron chi connectivity index (χ1n) is 5.19. The van der Waals surface area contributed by atoms with Gasteiger partial charge in [-0.05, 0) is 24.1 Å². The molecule has 16 heavy (non-hydrogen) atoms. The number of nitrogens with one attached hydrogen (secondary N) is 1. The van der Waals surface area contributed by atoms with Crippen molar-refractivity contribution in [3.63, 3.8) is 0 Å². The number of aromatic nitrogens is 1. The molecule has 4 heteroatoms. The average Bonchev–Trinajstić information content (AvgIpc) is 2.35. The third-order valence-electron chi connectivity index (χ3n) is 2.53. The van der Waals surface area contributed by atoms with Crippen molar-refractivity contribution >= 4 is 16.7 Å². The van der Waals surface area contributed by atoms with E-state index >= 15 is 0 Å². The van der Waals surface area contributed by atoms with Gasteiger partial charge in [0.15, 0.2) is 0 Å². The third-order valence-corrected chi connectivity index (χ3v) is 2.53. The van der Waals surface area contributed by atoms with Gasteiger partial charge in [-0.25, -0.2) is 10.8 Å². The van der Waals surface area contributed by atoms with Crippen LogP contribution >= 0.6 is 0 Å². The molecule has 0 unspecified atom stereocenters. The second-order valence-corrected chi connectivity index (χ2v) is 3.57. The summed E-state index contributed by atoms with van der Waals surface area (Å²) in [5, 5.41) is 1.12. The lowest BCUT2D eigenvalue weighted by Crippen LogP contribution is -2.08. The number of ether oxygens (including phenoxy) is 1. The minimum Gasteiger partial charge on any atom is -0.384 e. The summed E-state index contributed by atoms with van der Waals surface area (Å²) in [6, 6.07) is 10.0. The molecule has 2 aromatic rings. The van der Waals surface area contributed by atoms with Crippen LogP contribution in [0.15, 0.2) is 30.3 Å². The lowest BCUT2D eigenvalue weighted by Gasteiger charge is -2.07. The van der Waals surface area contributed by atoms with E-state index in [1.807, 2.05) is 24.3 Å². The van der Waals surface area contributed by atoms with Gasteiger partial charge in [0, 0.05) is 12.5 Å². The molecule has 0 saturated heterocycles. The molecule has 0 atom stereocenters. The number of nitrogens with zero attached hydrogens (tertiary/aromatic N) is 1. The Hall–Kier alpha value is -1.65. The number of fused-ring (bicyclic) bond motifs is 1. The Kier molecular flexibility index (Phi) is 3.34. The Morgan fingerprint density at radius 3 is 2.94 bits per heavy atom. The first kappa shape index (κ1) is 10.9. The van der Waals surface area contributed by atoms with Crippen LogP contribution in [0.2, 0.25) is 0 Å². The summed E-state index contributed by atoms with van der Waals surface area (Å²) in [6.45, 7) is 0.696. The second kappa shape index (κ2) is 4.92. The van der Waals surface area contributed by atoms with Gasteiger partial charge in [0.05, 0.1) is 12.1 Å². The standard InChI is InChI=1S/C12H15N3O/c1-16-8-7-10-4-2-3-9-5-6-11(15-13)14-12(9)10/h2-6H,7-8,13H2,1H3,(H,14,15). The molecular formula is C12H15N3O. The Bertz CT molecular complexity index is 485. The van der Waals surface area contributed by atoms with Crippen molar-refractivity contribution in [2.75, 3.05) is 19.1 Å². The molecule has 4 nitrogen and oxygen atoms in total. The highest BCUT2D eigenvalue weighted by Gasteiger charge is 2.03. The maximum Gasteiger partial charge on any atom is 0.140 e. The number of benzene rings is 1. The first-order chi connectivity index (χ1) is 7.85. The number of methoxy groups -OCH3 is 1. The van der Waals surface area contributed by atoms with Crippen molar-refractivity contribution in [3.05, 3.63) is 35.9 Å². The lowest BCUT2D eigenvalue weighted by atomic mass is 10.1. The minimum atomic E-state index is 0.678. The van der Waals surface area contributed by atoms with E-state index in [9.17, 15) is 0 Å². The van der Waals surface area contributed by atoms with Gasteiger partial charge in [0.2, 0.25) is 0 Å². The molecule has 1 aromatic heterocycles. The zero-order valence-electron chi connectivity index (χ0n) is 9.23. The average molecular weight is 217 g/mol. The number of para-hydroxylation sites is 1. The number of hydrazine groups is 1. The molecule has 0 saturated carbocycles. The Morgan fingerprint density at radius 2 is 2.19 bits per heavy atom. The Morgan fingerprint density at radius 1 is 1.31 bits per heavy atom. The van der Waals surface area contributed by atoms with Crippen LogP contribution in [0.25, 0.3) is 10.9 Å². The number of nitrogen functional groups attached to an aromatic ring is 1. The van der Waals surface area contributed by atoms with Crippen LogP contribution in [0.4, 0.5) is 5.82 Å². The number of nitrogens with two attached hydrogens (primary N) is 1. The molecule has 0 radical (unpaired) electrons. The molecule has 0 aliphatic carbocycles. The van der Waals surface area contributed by atoms with Crippen LogP contribution in [0.1, 0.15) is 5.56 Å². The Balaban J connectivity index is 2.46. The monoisotopic (exact) mass is 217 g/mol. The quantitative estimate of drug-likeness (QED) is 0.604. The van der Waals surface area contributed by atoms with Crippen LogP contribution in [0.5, 0.6) is 0 Å². The largest absolute Gasteiger partial charge is 0.384 e. The maximum atomic E-state index is 5.35. The van der Waals surface area contributed by atoms with Crippen LogP contribution in [0.3, 0.4) is 0 Å². The molecule has 84 valence electrons. The van der Waals surface area contributed by atoms with Gasteiger partial charge >= 0.3 is 0 Å². The molecule has 3 N–H and O–H groups in total. The van der Waals surface area contributed by atoms with Crippen molar-refractivity contribution in [1.29, 1.82) is 0 Å². The van der Waals surface area contributed by atoms with E-state index in [0.717, 1.165) is 17.3 Å². The normalized spacial score (nSPS) is 10.6. The number of hydrogen-bond acceptors (Lipinski definition) is 4. The highest BCUT2D eigenvalue weighted by atomic mass is 16.5. The van der Waals surface area contributed by atoms with Gasteiger partial charge in [-0.2, -0.15) is 0 Å². The first-order valence-corrected chi connectivity index (χ1v) is 5.19. The van der Waals surface area contributed by atoms with Gasteiger partial charge in [-0.1, -0.05) is 18.2 Å². The van der Waals surface area contributed by atoms with Crippen LogP contribution < -0.4 is 11.3 Å². The molecule has 1 aromatic carbocycles. The van der Waals surface area contributed by atoms with E-state index in [4.69, 9.17) is 10.6 Å². The van der Waals surface area contributed by atoms with Gasteiger partial charge < -0.3 is 10.2 Å². The number of rotatable bonds is 4. The molecule has 1 heterocycles. The van der Waals surface area contributed by atoms with Crippen molar-refractivity contribution in [3.8, 4) is 0 Å². The van der Waals surface area contributed by atoms with E-state index in [1.54, 1.807) is 7.11 Å². The predicted molar refractivity (Wildman–Crippen MR) is 65.1 cm³/mol. The van der Waals surface area contributed by atoms with Gasteiger partial charge in [0.25, 0.3) is 0 Å². The summed E-state index contributed by atoms with van der Waals surface area (Å²) >= 11 is 0. The highest BCUT2D eigenvalue weighted by molar-refractivity contribution is 5.83. The summed E-state index contributed by atoms with van der Waals surface area (Å²) < 4.78 is 5.08. The molecule has 0 aliphatic rings. The molecule has 0 amide bonds. The van der Waals surface area contributed by atoms with Crippen molar-refractivity contribution in [2.24, 2.45) is 5.84 Å². The molecule has 0 fully saturated rings. The fraction of sp³-hybridized carbons (Fsp3) is 0.250. The molecule has 2 rings (SSSR count). The lowest BCUT2D eigenvalue weighted by molar-refractivity contribution is 0.202. The molecule has 0 aliphatic heterocycles. The fourth-order valence-corrected chi connectivity index (χ4v) is 1.70.